The van der Waals surface area contributed by atoms with Crippen molar-refractivity contribution >= 4 is 40.2 Å². The van der Waals surface area contributed by atoms with E-state index in [1.165, 1.54) is 4.90 Å². The van der Waals surface area contributed by atoms with Crippen molar-refractivity contribution in [3.8, 4) is 11.3 Å². The predicted molar refractivity (Wildman–Crippen MR) is 156 cm³/mol. The number of imidazole rings is 1. The minimum atomic E-state index is -0.483. The van der Waals surface area contributed by atoms with E-state index in [0.29, 0.717) is 29.9 Å². The minimum Gasteiger partial charge on any atom is -0.359 e. The van der Waals surface area contributed by atoms with Crippen molar-refractivity contribution in [2.24, 2.45) is 0 Å². The highest BCUT2D eigenvalue weighted by molar-refractivity contribution is 6.12. The summed E-state index contributed by atoms with van der Waals surface area (Å²) in [5.74, 6) is 0.0193. The van der Waals surface area contributed by atoms with Crippen molar-refractivity contribution in [2.45, 2.75) is 38.1 Å². The zero-order chi connectivity index (χ0) is 28.8. The van der Waals surface area contributed by atoms with Gasteiger partial charge in [-0.1, -0.05) is 49.2 Å². The number of hydrogen-bond donors (Lipinski definition) is 4. The molecule has 1 aliphatic heterocycles. The SMILES string of the molecule is CNC(=O)CCCCCC(NC(=O)c1ccc(N2CC(=O)NC2=O)cc1)c1ncc(-c2ccc3ccccc3c2)[nH]1. The lowest BCUT2D eigenvalue weighted by Gasteiger charge is -2.18. The third-order valence-electron chi connectivity index (χ3n) is 7.20. The van der Waals surface area contributed by atoms with Gasteiger partial charge in [0.05, 0.1) is 17.9 Å². The first-order valence-electron chi connectivity index (χ1n) is 13.7. The lowest BCUT2D eigenvalue weighted by atomic mass is 10.0. The number of fused-ring (bicyclic) bond motifs is 1. The number of H-pyrrole nitrogens is 1. The fraction of sp³-hybridized carbons (Fsp3) is 0.258. The van der Waals surface area contributed by atoms with Gasteiger partial charge >= 0.3 is 6.03 Å². The third-order valence-corrected chi connectivity index (χ3v) is 7.20. The highest BCUT2D eigenvalue weighted by Crippen LogP contribution is 2.26. The van der Waals surface area contributed by atoms with Gasteiger partial charge in [-0.15, -0.1) is 0 Å². The topological polar surface area (TPSA) is 136 Å². The summed E-state index contributed by atoms with van der Waals surface area (Å²) in [7, 11) is 1.63. The molecule has 0 bridgehead atoms. The molecular formula is C31H32N6O4. The molecule has 210 valence electrons. The summed E-state index contributed by atoms with van der Waals surface area (Å²) in [6.45, 7) is -0.0512. The first kappa shape index (κ1) is 27.6. The molecule has 10 nitrogen and oxygen atoms in total. The number of carbonyl (C=O) groups is 4. The Labute approximate surface area is 237 Å². The Bertz CT molecular complexity index is 1580. The van der Waals surface area contributed by atoms with Crippen LogP contribution in [-0.4, -0.2) is 47.3 Å². The molecule has 5 amide bonds. The van der Waals surface area contributed by atoms with Crippen LogP contribution in [0.5, 0.6) is 0 Å². The molecule has 0 aliphatic carbocycles. The van der Waals surface area contributed by atoms with E-state index in [4.69, 9.17) is 0 Å². The average Bonchev–Trinajstić information content (AvgIpc) is 3.62. The van der Waals surface area contributed by atoms with Crippen molar-refractivity contribution in [1.82, 2.24) is 25.9 Å². The average molecular weight is 553 g/mol. The molecule has 4 N–H and O–H groups in total. The molecule has 2 heterocycles. The molecule has 0 radical (unpaired) electrons. The number of amides is 5. The van der Waals surface area contributed by atoms with Crippen molar-refractivity contribution in [1.29, 1.82) is 0 Å². The van der Waals surface area contributed by atoms with E-state index in [-0.39, 0.29) is 30.3 Å². The normalized spacial score (nSPS) is 13.7. The molecule has 10 heteroatoms. The van der Waals surface area contributed by atoms with Crippen LogP contribution in [-0.2, 0) is 9.59 Å². The fourth-order valence-electron chi connectivity index (χ4n) is 4.91. The lowest BCUT2D eigenvalue weighted by molar-refractivity contribution is -0.120. The summed E-state index contributed by atoms with van der Waals surface area (Å²) < 4.78 is 0. The van der Waals surface area contributed by atoms with Gasteiger partial charge in [-0.05, 0) is 53.9 Å². The van der Waals surface area contributed by atoms with E-state index in [0.717, 1.165) is 41.3 Å². The number of nitrogens with one attached hydrogen (secondary N) is 4. The number of aromatic nitrogens is 2. The van der Waals surface area contributed by atoms with Crippen molar-refractivity contribution in [2.75, 3.05) is 18.5 Å². The van der Waals surface area contributed by atoms with Crippen LogP contribution in [0.2, 0.25) is 0 Å². The molecule has 3 aromatic carbocycles. The number of nitrogens with zero attached hydrogens (tertiary/aromatic N) is 2. The minimum absolute atomic E-state index is 0.0140. The zero-order valence-corrected chi connectivity index (χ0v) is 22.8. The first-order chi connectivity index (χ1) is 19.9. The Hall–Kier alpha value is -4.99. The Balaban J connectivity index is 1.31. The number of anilines is 1. The largest absolute Gasteiger partial charge is 0.359 e. The number of benzene rings is 3. The second kappa shape index (κ2) is 12.5. The van der Waals surface area contributed by atoms with Crippen molar-refractivity contribution < 1.29 is 19.2 Å². The van der Waals surface area contributed by atoms with Crippen LogP contribution in [0.25, 0.3) is 22.0 Å². The van der Waals surface area contributed by atoms with Crippen LogP contribution in [0.15, 0.2) is 72.9 Å². The number of hydrogen-bond acceptors (Lipinski definition) is 5. The van der Waals surface area contributed by atoms with E-state index in [1.807, 2.05) is 18.2 Å². The van der Waals surface area contributed by atoms with Gasteiger partial charge < -0.3 is 15.6 Å². The molecular weight excluding hydrogens is 520 g/mol. The molecule has 1 fully saturated rings. The lowest BCUT2D eigenvalue weighted by Crippen LogP contribution is -2.30. The molecule has 1 atom stereocenters. The molecule has 1 aliphatic rings. The van der Waals surface area contributed by atoms with Gasteiger partial charge in [-0.2, -0.15) is 0 Å². The maximum Gasteiger partial charge on any atom is 0.329 e. The van der Waals surface area contributed by atoms with Gasteiger partial charge in [0.1, 0.15) is 12.4 Å². The maximum absolute atomic E-state index is 13.3. The first-order valence-corrected chi connectivity index (χ1v) is 13.7. The third kappa shape index (κ3) is 6.60. The summed E-state index contributed by atoms with van der Waals surface area (Å²) in [5.41, 5.74) is 2.81. The fourth-order valence-corrected chi connectivity index (χ4v) is 4.91. The monoisotopic (exact) mass is 552 g/mol. The Morgan fingerprint density at radius 2 is 1.76 bits per heavy atom. The molecule has 1 aromatic heterocycles. The van der Waals surface area contributed by atoms with Gasteiger partial charge in [0.15, 0.2) is 0 Å². The summed E-state index contributed by atoms with van der Waals surface area (Å²) >= 11 is 0. The molecule has 5 rings (SSSR count). The van der Waals surface area contributed by atoms with Crippen LogP contribution in [0, 0.1) is 0 Å². The van der Waals surface area contributed by atoms with Crippen molar-refractivity contribution in [3.63, 3.8) is 0 Å². The summed E-state index contributed by atoms with van der Waals surface area (Å²) in [6.07, 6.45) is 5.27. The highest BCUT2D eigenvalue weighted by atomic mass is 16.2. The number of carbonyl (C=O) groups excluding carboxylic acids is 4. The van der Waals surface area contributed by atoms with Crippen LogP contribution >= 0.6 is 0 Å². The standard InChI is InChI=1S/C31H32N6O4/c1-32-27(38)10-4-2-3-9-25(29-33-18-26(34-29)23-12-11-20-7-5-6-8-22(20)17-23)35-30(40)21-13-15-24(16-14-21)37-19-28(39)36-31(37)41/h5-8,11-18,25H,2-4,9-10,19H2,1H3,(H,32,38)(H,33,34)(H,35,40)(H,36,39,41). The molecule has 1 unspecified atom stereocenters. The van der Waals surface area contributed by atoms with Crippen LogP contribution in [0.4, 0.5) is 10.5 Å². The van der Waals surface area contributed by atoms with E-state index >= 15 is 0 Å². The van der Waals surface area contributed by atoms with Crippen molar-refractivity contribution in [3.05, 3.63) is 84.3 Å². The zero-order valence-electron chi connectivity index (χ0n) is 22.8. The molecule has 0 saturated carbocycles. The number of imide groups is 1. The van der Waals surface area contributed by atoms with Gasteiger partial charge in [-0.3, -0.25) is 24.6 Å². The second-order valence-electron chi connectivity index (χ2n) is 10.0. The number of aromatic amines is 1. The van der Waals surface area contributed by atoms with E-state index in [9.17, 15) is 19.2 Å². The van der Waals surface area contributed by atoms with E-state index < -0.39 is 6.03 Å². The Morgan fingerprint density at radius 3 is 2.49 bits per heavy atom. The summed E-state index contributed by atoms with van der Waals surface area (Å²) in [5, 5.41) is 10.3. The molecule has 4 aromatic rings. The predicted octanol–water partition coefficient (Wildman–Crippen LogP) is 4.45. The summed E-state index contributed by atoms with van der Waals surface area (Å²) in [4.78, 5) is 57.7. The number of rotatable bonds is 11. The van der Waals surface area contributed by atoms with Gasteiger partial charge in [0, 0.05) is 30.3 Å². The second-order valence-corrected chi connectivity index (χ2v) is 10.0. The Morgan fingerprint density at radius 1 is 0.976 bits per heavy atom. The number of urea groups is 1. The van der Waals surface area contributed by atoms with Crippen LogP contribution in [0.3, 0.4) is 0 Å². The van der Waals surface area contributed by atoms with Gasteiger partial charge in [0.25, 0.3) is 5.91 Å². The molecule has 41 heavy (non-hydrogen) atoms. The molecule has 1 saturated heterocycles. The maximum atomic E-state index is 13.3. The Kier molecular flexibility index (Phi) is 8.38. The van der Waals surface area contributed by atoms with Crippen LogP contribution < -0.4 is 20.9 Å². The quantitative estimate of drug-likeness (QED) is 0.161. The van der Waals surface area contributed by atoms with Gasteiger partial charge in [-0.25, -0.2) is 9.78 Å². The van der Waals surface area contributed by atoms with E-state index in [2.05, 4.69) is 50.2 Å². The van der Waals surface area contributed by atoms with Crippen LogP contribution in [0.1, 0.15) is 54.3 Å². The highest BCUT2D eigenvalue weighted by Gasteiger charge is 2.28. The number of unbranched alkanes of at least 4 members (excludes halogenated alkanes) is 2. The summed E-state index contributed by atoms with van der Waals surface area (Å²) in [6, 6.07) is 20.1. The van der Waals surface area contributed by atoms with Gasteiger partial charge in [0.2, 0.25) is 11.8 Å². The smallest absolute Gasteiger partial charge is 0.329 e. The van der Waals surface area contributed by atoms with E-state index in [1.54, 1.807) is 37.5 Å². The molecule has 0 spiro atoms.